The van der Waals surface area contributed by atoms with Crippen molar-refractivity contribution < 1.29 is 47.5 Å². The van der Waals surface area contributed by atoms with E-state index >= 15 is 0 Å². The minimum absolute atomic E-state index is 0.0372. The molecule has 29 heteroatoms. The number of carbonyl (C=O) groups is 5. The summed E-state index contributed by atoms with van der Waals surface area (Å²) in [4.78, 5) is 76.9. The summed E-state index contributed by atoms with van der Waals surface area (Å²) in [7, 11) is 11.9. The SMILES string of the molecule is COB(OC)/C(=C/c1ccccc1N)C(=O)OC(C)(C)C.Cn1ncc2c1CCC(Br)=C2.Cn1ncc2c1CCC(c1cc3ccccc3[nH]1)=C2.Cn1ncc2c1CCCC2=O.Cn1ncc2c1CCc1c-2c2c(c3c1[nH]c1ccccc13)CNC2=O.[C-]#[N+]/C=C\C(=O)OCC.[C-]#[N+]c1c(C(=O)OCC)c2c(c3[nH]c4ccccc4c13)CCc1c-2cnn1C. The minimum atomic E-state index is -0.820. The summed E-state index contributed by atoms with van der Waals surface area (Å²) >= 11 is 3.49. The van der Waals surface area contributed by atoms with Crippen LogP contribution in [0, 0.1) is 13.1 Å². The van der Waals surface area contributed by atoms with Crippen molar-refractivity contribution in [2.45, 2.75) is 117 Å². The Labute approximate surface area is 726 Å². The van der Waals surface area contributed by atoms with Crippen LogP contribution in [-0.4, -0.2) is 134 Å². The lowest BCUT2D eigenvalue weighted by atomic mass is 9.76. The monoisotopic (exact) mass is 1730 g/mol. The number of esters is 3. The second-order valence-corrected chi connectivity index (χ2v) is 32.4. The van der Waals surface area contributed by atoms with E-state index in [1.54, 1.807) is 63.8 Å². The van der Waals surface area contributed by atoms with Crippen LogP contribution in [-0.2, 0) is 120 Å². The van der Waals surface area contributed by atoms with Crippen molar-refractivity contribution in [3.8, 4) is 22.3 Å². The van der Waals surface area contributed by atoms with Crippen molar-refractivity contribution in [2.75, 3.05) is 33.2 Å². The number of Topliss-reactive ketones (excluding diaryl/α,β-unsaturated/α-hetero) is 1. The summed E-state index contributed by atoms with van der Waals surface area (Å²) in [6.07, 6.45) is 27.9. The Balaban J connectivity index is 0.000000122. The number of aryl methyl sites for hydroxylation is 7. The summed E-state index contributed by atoms with van der Waals surface area (Å²) < 4.78 is 36.4. The number of nitrogens with zero attached hydrogens (tertiary/aromatic N) is 12. The number of nitrogens with two attached hydrogens (primary N) is 1. The van der Waals surface area contributed by atoms with E-state index < -0.39 is 30.6 Å². The average molecular weight is 1730 g/mol. The highest BCUT2D eigenvalue weighted by Gasteiger charge is 2.37. The molecule has 8 aromatic heterocycles. The molecule has 632 valence electrons. The van der Waals surface area contributed by atoms with E-state index in [0.29, 0.717) is 42.1 Å². The number of nitrogens with one attached hydrogen (secondary N) is 4. The molecule has 20 rings (SSSR count). The molecule has 9 heterocycles. The van der Waals surface area contributed by atoms with Gasteiger partial charge in [0.15, 0.2) is 12.0 Å². The summed E-state index contributed by atoms with van der Waals surface area (Å²) in [5.41, 5.74) is 33.1. The molecule has 0 saturated carbocycles. The standard InChI is InChI=1S/C22H18N4O2.C20H16N4O.C16H15N3.C15H22BNO4.C8H9BrN2.C8H10N2O.C6H7NO2/c1-4-28-22(27)19-17-13(9-10-16-14(17)11-24-26(16)3)20-18(21(19)23-2)12-7-5-6-8-15(12)25-20;1-24-15-7-6-11-16(12(15)9-22-24)18-13(8-21-20(18)25)17-10-4-2-3-5-14(10)23-19(11)17;1-19-16-7-6-12(8-13(16)10-17-19)15-9-11-4-2-3-5-14(11)18-15;1-15(2,3)21-14(18)12(16(19-4)20-5)10-11-8-6-7-9-13(11)17;1-11-8-3-2-7(9)4-6(8)5-10-11;1-10-7-3-2-4-8(11)6(7)5-9-10;1-3-9-6(8)4-5-7-2/h5-8,11,25H,4,9-10H2,1,3H3;2-5,9,23H,6-8H2,1H3,(H,21,25);2-5,8-10,18H,6-7H2,1H3;6-10H,17H2,1-5H3;4-5H,2-3H2,1H3;5H,2-4H2,1H3;4-5H,3H2,1H3/b;;;12-10+;;;5-4-. The third-order valence-electron chi connectivity index (χ3n) is 22.6. The van der Waals surface area contributed by atoms with Gasteiger partial charge in [0.05, 0.1) is 85.0 Å². The molecule has 0 radical (unpaired) electrons. The van der Waals surface area contributed by atoms with Gasteiger partial charge in [-0.2, -0.15) is 25.5 Å². The fourth-order valence-corrected chi connectivity index (χ4v) is 17.3. The number of ether oxygens (including phenoxy) is 3. The maximum Gasteiger partial charge on any atom is 0.500 e. The number of rotatable bonds is 10. The summed E-state index contributed by atoms with van der Waals surface area (Å²) in [6.45, 7) is 24.2. The quantitative estimate of drug-likeness (QED) is 0.0212. The number of aromatic nitrogens is 13. The number of allylic oxidation sites excluding steroid dienone is 2. The lowest BCUT2D eigenvalue weighted by Gasteiger charge is -2.22. The van der Waals surface area contributed by atoms with E-state index in [-0.39, 0.29) is 23.8 Å². The van der Waals surface area contributed by atoms with Crippen molar-refractivity contribution >= 4 is 142 Å². The molecule has 1 amide bonds. The Morgan fingerprint density at radius 3 is 1.72 bits per heavy atom. The van der Waals surface area contributed by atoms with E-state index in [4.69, 9.17) is 37.7 Å². The number of carbonyl (C=O) groups excluding carboxylic acids is 5. The highest BCUT2D eigenvalue weighted by Crippen LogP contribution is 2.49. The first-order valence-corrected chi connectivity index (χ1v) is 41.9. The van der Waals surface area contributed by atoms with Crippen LogP contribution in [0.25, 0.3) is 110 Å². The molecule has 0 atom stereocenters. The Hall–Kier alpha value is -13.7. The number of hydrogen-bond acceptors (Lipinski definition) is 16. The van der Waals surface area contributed by atoms with Crippen molar-refractivity contribution in [1.29, 1.82) is 0 Å². The Morgan fingerprint density at radius 1 is 0.589 bits per heavy atom. The second kappa shape index (κ2) is 37.7. The second-order valence-electron chi connectivity index (χ2n) is 31.4. The van der Waals surface area contributed by atoms with Crippen LogP contribution in [0.3, 0.4) is 0 Å². The normalized spacial score (nSPS) is 13.8. The zero-order chi connectivity index (χ0) is 87.8. The number of H-pyrrole nitrogens is 3. The Morgan fingerprint density at radius 2 is 1.12 bits per heavy atom. The van der Waals surface area contributed by atoms with Gasteiger partial charge in [-0.1, -0.05) is 88.7 Å². The van der Waals surface area contributed by atoms with E-state index in [1.165, 1.54) is 90.9 Å². The molecule has 6 aromatic carbocycles. The molecule has 124 heavy (non-hydrogen) atoms. The molecule has 0 fully saturated rings. The van der Waals surface area contributed by atoms with Gasteiger partial charge in [0, 0.05) is 174 Å². The van der Waals surface area contributed by atoms with Gasteiger partial charge in [-0.25, -0.2) is 24.1 Å². The van der Waals surface area contributed by atoms with E-state index in [2.05, 4.69) is 137 Å². The van der Waals surface area contributed by atoms with Gasteiger partial charge in [-0.15, -0.1) is 0 Å². The minimum Gasteiger partial charge on any atom is -0.464 e. The van der Waals surface area contributed by atoms with Crippen molar-refractivity contribution in [3.05, 3.63) is 263 Å². The van der Waals surface area contributed by atoms with Gasteiger partial charge in [0.2, 0.25) is 5.69 Å². The molecule has 6 aliphatic rings. The molecule has 6 N–H and O–H groups in total. The van der Waals surface area contributed by atoms with Gasteiger partial charge in [-0.05, 0) is 196 Å². The first-order chi connectivity index (χ1) is 59.8. The number of para-hydroxylation sites is 4. The lowest BCUT2D eigenvalue weighted by Crippen LogP contribution is -2.33. The van der Waals surface area contributed by atoms with Crippen molar-refractivity contribution in [2.24, 2.45) is 35.2 Å². The number of nitrogen functional groups attached to an aromatic ring is 1. The first kappa shape index (κ1) is 86.6. The molecule has 14 aromatic rings. The highest BCUT2D eigenvalue weighted by atomic mass is 79.9. The number of anilines is 1. The van der Waals surface area contributed by atoms with Crippen LogP contribution in [0.5, 0.6) is 0 Å². The Bertz CT molecular complexity index is 6670. The lowest BCUT2D eigenvalue weighted by molar-refractivity contribution is -0.149. The largest absolute Gasteiger partial charge is 0.500 e. The molecule has 0 bridgehead atoms. The van der Waals surface area contributed by atoms with Gasteiger partial charge in [-0.3, -0.25) is 33.0 Å². The van der Waals surface area contributed by atoms with Crippen LogP contribution < -0.4 is 11.1 Å². The summed E-state index contributed by atoms with van der Waals surface area (Å²) in [6, 6.07) is 34.1. The predicted octanol–water partition coefficient (Wildman–Crippen LogP) is 17.3. The highest BCUT2D eigenvalue weighted by molar-refractivity contribution is 9.11. The smallest absolute Gasteiger partial charge is 0.464 e. The van der Waals surface area contributed by atoms with Gasteiger partial charge < -0.3 is 49.5 Å². The summed E-state index contributed by atoms with van der Waals surface area (Å²) in [5, 5.41) is 29.9. The third kappa shape index (κ3) is 18.0. The molecule has 1 aliphatic heterocycles. The van der Waals surface area contributed by atoms with Crippen molar-refractivity contribution in [3.63, 3.8) is 0 Å². The van der Waals surface area contributed by atoms with E-state index in [9.17, 15) is 24.0 Å². The Kier molecular flexibility index (Phi) is 26.4. The topological polar surface area (TPSA) is 315 Å². The summed E-state index contributed by atoms with van der Waals surface area (Å²) in [5.74, 6) is -1.13. The maximum atomic E-state index is 13.0. The fourth-order valence-electron chi connectivity index (χ4n) is 16.9. The number of hydrogen-bond donors (Lipinski definition) is 5. The number of amides is 1. The fraction of sp³-hybridized carbons (Fsp3) is 0.284. The molecule has 27 nitrogen and oxygen atoms in total. The van der Waals surface area contributed by atoms with E-state index in [1.807, 2.05) is 121 Å². The number of halogens is 1. The molecular weight excluding hydrogens is 1630 g/mol. The number of fused-ring (bicyclic) bond motifs is 21. The average Bonchev–Trinajstić information content (AvgIpc) is 1.54. The maximum absolute atomic E-state index is 13.0. The van der Waals surface area contributed by atoms with Crippen LogP contribution in [0.2, 0.25) is 0 Å². The van der Waals surface area contributed by atoms with E-state index in [0.717, 1.165) is 160 Å². The van der Waals surface area contributed by atoms with Gasteiger partial charge >= 0.3 is 25.0 Å². The molecule has 0 saturated heterocycles. The molecule has 5 aliphatic carbocycles. The van der Waals surface area contributed by atoms with Crippen LogP contribution >= 0.6 is 15.9 Å². The van der Waals surface area contributed by atoms with Crippen LogP contribution in [0.4, 0.5) is 11.4 Å². The number of aromatic amines is 3. The first-order valence-electron chi connectivity index (χ1n) is 41.1. The zero-order valence-corrected chi connectivity index (χ0v) is 73.1. The van der Waals surface area contributed by atoms with Gasteiger partial charge in [0.1, 0.15) is 5.60 Å². The molecule has 0 unspecified atom stereocenters. The van der Waals surface area contributed by atoms with Crippen molar-refractivity contribution in [1.82, 2.24) is 69.2 Å². The van der Waals surface area contributed by atoms with Crippen LogP contribution in [0.15, 0.2) is 156 Å². The number of benzene rings is 6. The molecular formula is C95H97BBrN17O10. The molecule has 0 spiro atoms. The van der Waals surface area contributed by atoms with Crippen LogP contribution in [0.1, 0.15) is 159 Å². The predicted molar refractivity (Wildman–Crippen MR) is 488 cm³/mol. The third-order valence-corrected chi connectivity index (χ3v) is 23.3. The zero-order valence-electron chi connectivity index (χ0n) is 71.5. The number of ketones is 1. The van der Waals surface area contributed by atoms with Gasteiger partial charge in [0.25, 0.3) is 5.91 Å².